The van der Waals surface area contributed by atoms with E-state index >= 15 is 0 Å². The third-order valence-corrected chi connectivity index (χ3v) is 4.98. The SMILES string of the molecule is C[C@@H]1CN(C(=O)c2ccc(C(=O)O)cc2)C[C@H](C)N1Cc1ccccc1. The highest BCUT2D eigenvalue weighted by molar-refractivity contribution is 5.96. The van der Waals surface area contributed by atoms with E-state index in [1.165, 1.54) is 17.7 Å². The van der Waals surface area contributed by atoms with Crippen molar-refractivity contribution in [2.24, 2.45) is 0 Å². The molecule has 136 valence electrons. The van der Waals surface area contributed by atoms with Gasteiger partial charge in [0.2, 0.25) is 0 Å². The predicted octanol–water partition coefficient (Wildman–Crippen LogP) is 3.12. The van der Waals surface area contributed by atoms with E-state index in [9.17, 15) is 9.59 Å². The van der Waals surface area contributed by atoms with Crippen LogP contribution in [0.4, 0.5) is 0 Å². The molecule has 26 heavy (non-hydrogen) atoms. The van der Waals surface area contributed by atoms with Crippen molar-refractivity contribution < 1.29 is 14.7 Å². The van der Waals surface area contributed by atoms with Crippen LogP contribution in [-0.4, -0.2) is 52.0 Å². The van der Waals surface area contributed by atoms with Crippen LogP contribution >= 0.6 is 0 Å². The zero-order valence-electron chi connectivity index (χ0n) is 15.1. The van der Waals surface area contributed by atoms with Crippen molar-refractivity contribution in [1.82, 2.24) is 9.80 Å². The summed E-state index contributed by atoms with van der Waals surface area (Å²) in [6.45, 7) is 6.49. The van der Waals surface area contributed by atoms with Gasteiger partial charge < -0.3 is 10.0 Å². The molecule has 5 nitrogen and oxygen atoms in total. The lowest BCUT2D eigenvalue weighted by molar-refractivity contribution is 0.0269. The first kappa shape index (κ1) is 18.1. The molecule has 1 N–H and O–H groups in total. The van der Waals surface area contributed by atoms with Crippen LogP contribution in [0.25, 0.3) is 0 Å². The molecule has 1 heterocycles. The number of rotatable bonds is 4. The van der Waals surface area contributed by atoms with E-state index in [0.29, 0.717) is 18.7 Å². The lowest BCUT2D eigenvalue weighted by Crippen LogP contribution is -2.57. The Morgan fingerprint density at radius 2 is 1.46 bits per heavy atom. The molecule has 0 radical (unpaired) electrons. The maximum Gasteiger partial charge on any atom is 0.335 e. The van der Waals surface area contributed by atoms with Crippen molar-refractivity contribution in [3.8, 4) is 0 Å². The van der Waals surface area contributed by atoms with Gasteiger partial charge in [0, 0.05) is 37.3 Å². The summed E-state index contributed by atoms with van der Waals surface area (Å²) in [4.78, 5) is 28.0. The molecule has 0 unspecified atom stereocenters. The first-order valence-corrected chi connectivity index (χ1v) is 8.88. The highest BCUT2D eigenvalue weighted by Crippen LogP contribution is 2.21. The summed E-state index contributed by atoms with van der Waals surface area (Å²) in [5.74, 6) is -1.03. The lowest BCUT2D eigenvalue weighted by atomic mass is 10.0. The molecule has 5 heteroatoms. The van der Waals surface area contributed by atoms with Crippen LogP contribution in [0, 0.1) is 0 Å². The van der Waals surface area contributed by atoms with Gasteiger partial charge in [0.05, 0.1) is 5.56 Å². The second-order valence-electron chi connectivity index (χ2n) is 6.95. The molecular formula is C21H24N2O3. The van der Waals surface area contributed by atoms with Gasteiger partial charge in [-0.15, -0.1) is 0 Å². The van der Waals surface area contributed by atoms with Crippen molar-refractivity contribution in [2.45, 2.75) is 32.5 Å². The molecule has 1 amide bonds. The maximum atomic E-state index is 12.8. The standard InChI is InChI=1S/C21H24N2O3/c1-15-12-22(20(24)18-8-10-19(11-9-18)21(25)26)13-16(2)23(15)14-17-6-4-3-5-7-17/h3-11,15-16H,12-14H2,1-2H3,(H,25,26)/t15-,16+. The number of aromatic carboxylic acids is 1. The van der Waals surface area contributed by atoms with Gasteiger partial charge in [0.25, 0.3) is 5.91 Å². The van der Waals surface area contributed by atoms with Gasteiger partial charge in [0.15, 0.2) is 0 Å². The van der Waals surface area contributed by atoms with E-state index in [2.05, 4.69) is 30.9 Å². The minimum atomic E-state index is -0.985. The van der Waals surface area contributed by atoms with Crippen LogP contribution < -0.4 is 0 Å². The van der Waals surface area contributed by atoms with Crippen molar-refractivity contribution in [3.63, 3.8) is 0 Å². The molecule has 1 aliphatic heterocycles. The lowest BCUT2D eigenvalue weighted by Gasteiger charge is -2.44. The number of hydrogen-bond donors (Lipinski definition) is 1. The van der Waals surface area contributed by atoms with Crippen LogP contribution in [0.2, 0.25) is 0 Å². The van der Waals surface area contributed by atoms with E-state index in [1.807, 2.05) is 23.1 Å². The molecule has 0 aliphatic carbocycles. The number of carboxylic acids is 1. The number of piperazine rings is 1. The first-order valence-electron chi connectivity index (χ1n) is 8.88. The van der Waals surface area contributed by atoms with E-state index in [0.717, 1.165) is 6.54 Å². The van der Waals surface area contributed by atoms with Gasteiger partial charge in [-0.3, -0.25) is 9.69 Å². The van der Waals surface area contributed by atoms with E-state index < -0.39 is 5.97 Å². The number of nitrogens with zero attached hydrogens (tertiary/aromatic N) is 2. The largest absolute Gasteiger partial charge is 0.478 e. The summed E-state index contributed by atoms with van der Waals surface area (Å²) < 4.78 is 0. The van der Waals surface area contributed by atoms with Crippen molar-refractivity contribution in [1.29, 1.82) is 0 Å². The van der Waals surface area contributed by atoms with Gasteiger partial charge >= 0.3 is 5.97 Å². The fourth-order valence-electron chi connectivity index (χ4n) is 3.57. The second kappa shape index (κ2) is 7.70. The second-order valence-corrected chi connectivity index (χ2v) is 6.95. The Kier molecular flexibility index (Phi) is 5.38. The Morgan fingerprint density at radius 3 is 2.00 bits per heavy atom. The maximum absolute atomic E-state index is 12.8. The van der Waals surface area contributed by atoms with Gasteiger partial charge in [0.1, 0.15) is 0 Å². The number of hydrogen-bond acceptors (Lipinski definition) is 3. The fourth-order valence-corrected chi connectivity index (χ4v) is 3.57. The Hall–Kier alpha value is -2.66. The topological polar surface area (TPSA) is 60.9 Å². The normalized spacial score (nSPS) is 20.8. The van der Waals surface area contributed by atoms with Crippen LogP contribution in [0.5, 0.6) is 0 Å². The van der Waals surface area contributed by atoms with E-state index in [1.54, 1.807) is 12.1 Å². The zero-order chi connectivity index (χ0) is 18.7. The van der Waals surface area contributed by atoms with Crippen LogP contribution in [-0.2, 0) is 6.54 Å². The summed E-state index contributed by atoms with van der Waals surface area (Å²) in [6, 6.07) is 17.0. The zero-order valence-corrected chi connectivity index (χ0v) is 15.1. The molecule has 1 aliphatic rings. The highest BCUT2D eigenvalue weighted by atomic mass is 16.4. The number of benzene rings is 2. The average Bonchev–Trinajstić information content (AvgIpc) is 2.65. The molecule has 2 aromatic rings. The van der Waals surface area contributed by atoms with Gasteiger partial charge in [-0.05, 0) is 43.7 Å². The molecule has 0 aromatic heterocycles. The molecular weight excluding hydrogens is 328 g/mol. The molecule has 1 fully saturated rings. The summed E-state index contributed by atoms with van der Waals surface area (Å²) >= 11 is 0. The molecule has 2 atom stereocenters. The molecule has 0 bridgehead atoms. The fraction of sp³-hybridized carbons (Fsp3) is 0.333. The third-order valence-electron chi connectivity index (χ3n) is 4.98. The predicted molar refractivity (Wildman–Crippen MR) is 100 cm³/mol. The smallest absolute Gasteiger partial charge is 0.335 e. The number of carboxylic acid groups (broad SMARTS) is 1. The van der Waals surface area contributed by atoms with E-state index in [-0.39, 0.29) is 23.6 Å². The number of carbonyl (C=O) groups is 2. The highest BCUT2D eigenvalue weighted by Gasteiger charge is 2.32. The molecule has 0 spiro atoms. The molecule has 0 saturated carbocycles. The summed E-state index contributed by atoms with van der Waals surface area (Å²) in [5.41, 5.74) is 2.00. The molecule has 3 rings (SSSR count). The summed E-state index contributed by atoms with van der Waals surface area (Å²) in [5, 5.41) is 8.98. The monoisotopic (exact) mass is 352 g/mol. The van der Waals surface area contributed by atoms with Crippen LogP contribution in [0.3, 0.4) is 0 Å². The number of carbonyl (C=O) groups excluding carboxylic acids is 1. The third kappa shape index (κ3) is 3.94. The Labute approximate surface area is 153 Å². The van der Waals surface area contributed by atoms with Gasteiger partial charge in [-0.25, -0.2) is 4.79 Å². The van der Waals surface area contributed by atoms with Crippen molar-refractivity contribution >= 4 is 11.9 Å². The Morgan fingerprint density at radius 1 is 0.923 bits per heavy atom. The van der Waals surface area contributed by atoms with Gasteiger partial charge in [-0.1, -0.05) is 30.3 Å². The molecule has 2 aromatic carbocycles. The Bertz CT molecular complexity index is 762. The quantitative estimate of drug-likeness (QED) is 0.918. The van der Waals surface area contributed by atoms with Gasteiger partial charge in [-0.2, -0.15) is 0 Å². The van der Waals surface area contributed by atoms with E-state index in [4.69, 9.17) is 5.11 Å². The van der Waals surface area contributed by atoms with Crippen LogP contribution in [0.1, 0.15) is 40.1 Å². The van der Waals surface area contributed by atoms with Crippen molar-refractivity contribution in [2.75, 3.05) is 13.1 Å². The van der Waals surface area contributed by atoms with Crippen molar-refractivity contribution in [3.05, 3.63) is 71.3 Å². The number of amides is 1. The Balaban J connectivity index is 1.68. The minimum Gasteiger partial charge on any atom is -0.478 e. The first-order chi connectivity index (χ1) is 12.5. The summed E-state index contributed by atoms with van der Waals surface area (Å²) in [7, 11) is 0. The van der Waals surface area contributed by atoms with Crippen LogP contribution in [0.15, 0.2) is 54.6 Å². The molecule has 1 saturated heterocycles. The summed E-state index contributed by atoms with van der Waals surface area (Å²) in [6.07, 6.45) is 0. The average molecular weight is 352 g/mol. The minimum absolute atomic E-state index is 0.0417.